The summed E-state index contributed by atoms with van der Waals surface area (Å²) in [6.45, 7) is 4.78. The average molecular weight is 291 g/mol. The van der Waals surface area contributed by atoms with Crippen molar-refractivity contribution in [1.29, 1.82) is 0 Å². The summed E-state index contributed by atoms with van der Waals surface area (Å²) >= 11 is 1.52. The van der Waals surface area contributed by atoms with Gasteiger partial charge in [-0.25, -0.2) is 0 Å². The van der Waals surface area contributed by atoms with Crippen molar-refractivity contribution >= 4 is 11.8 Å². The highest BCUT2D eigenvalue weighted by atomic mass is 32.2. The first-order chi connectivity index (χ1) is 9.79. The molecule has 0 aliphatic heterocycles. The Hall–Kier alpha value is -2.09. The number of aromatic nitrogens is 5. The van der Waals surface area contributed by atoms with Crippen LogP contribution in [0.2, 0.25) is 0 Å². The Labute approximate surface area is 119 Å². The van der Waals surface area contributed by atoms with Crippen molar-refractivity contribution in [1.82, 2.24) is 25.0 Å². The number of hydrogen-bond acceptors (Lipinski definition) is 7. The number of furan rings is 1. The fourth-order valence-corrected chi connectivity index (χ4v) is 2.77. The molecule has 20 heavy (non-hydrogen) atoms. The second-order valence-electron chi connectivity index (χ2n) is 4.06. The maximum Gasteiger partial charge on any atom is 0.229 e. The van der Waals surface area contributed by atoms with Gasteiger partial charge in [0, 0.05) is 6.54 Å². The maximum absolute atomic E-state index is 5.38. The number of thioether (sulfide) groups is 1. The van der Waals surface area contributed by atoms with Crippen LogP contribution in [0.5, 0.6) is 0 Å². The van der Waals surface area contributed by atoms with Crippen molar-refractivity contribution in [2.45, 2.75) is 30.8 Å². The third kappa shape index (κ3) is 2.34. The summed E-state index contributed by atoms with van der Waals surface area (Å²) in [5, 5.41) is 16.8. The van der Waals surface area contributed by atoms with Crippen LogP contribution in [-0.4, -0.2) is 25.0 Å². The van der Waals surface area contributed by atoms with Crippen LogP contribution in [0.3, 0.4) is 0 Å². The molecule has 0 aliphatic rings. The van der Waals surface area contributed by atoms with E-state index in [2.05, 4.69) is 20.4 Å². The standard InChI is InChI=1S/C12H13N5O2S/c1-3-17-10(9-5-4-6-18-9)14-16-12(17)20-8(2)11-15-13-7-19-11/h4-8H,3H2,1-2H3. The molecule has 3 aromatic heterocycles. The lowest BCUT2D eigenvalue weighted by Gasteiger charge is -2.08. The Morgan fingerprint density at radius 1 is 1.30 bits per heavy atom. The zero-order valence-corrected chi connectivity index (χ0v) is 11.9. The summed E-state index contributed by atoms with van der Waals surface area (Å²) in [4.78, 5) is 0. The van der Waals surface area contributed by atoms with Gasteiger partial charge in [0.05, 0.1) is 11.5 Å². The summed E-state index contributed by atoms with van der Waals surface area (Å²) in [5.74, 6) is 1.99. The topological polar surface area (TPSA) is 82.8 Å². The van der Waals surface area contributed by atoms with Crippen LogP contribution in [0.15, 0.2) is 38.8 Å². The molecule has 0 bridgehead atoms. The van der Waals surface area contributed by atoms with Gasteiger partial charge in [0.1, 0.15) is 0 Å². The highest BCUT2D eigenvalue weighted by molar-refractivity contribution is 7.99. The Morgan fingerprint density at radius 2 is 2.20 bits per heavy atom. The van der Waals surface area contributed by atoms with Crippen LogP contribution >= 0.6 is 11.8 Å². The molecule has 3 rings (SSSR count). The number of nitrogens with zero attached hydrogens (tertiary/aromatic N) is 5. The third-order valence-electron chi connectivity index (χ3n) is 2.78. The van der Waals surface area contributed by atoms with Gasteiger partial charge in [-0.2, -0.15) is 0 Å². The molecular formula is C12H13N5O2S. The van der Waals surface area contributed by atoms with Crippen LogP contribution in [0.25, 0.3) is 11.6 Å². The van der Waals surface area contributed by atoms with E-state index >= 15 is 0 Å². The quantitative estimate of drug-likeness (QED) is 0.668. The van der Waals surface area contributed by atoms with Crippen LogP contribution in [0.4, 0.5) is 0 Å². The average Bonchev–Trinajstić information content (AvgIpc) is 3.19. The molecular weight excluding hydrogens is 278 g/mol. The molecule has 0 saturated carbocycles. The Bertz CT molecular complexity index is 662. The Morgan fingerprint density at radius 3 is 2.85 bits per heavy atom. The molecule has 1 atom stereocenters. The fraction of sp³-hybridized carbons (Fsp3) is 0.333. The van der Waals surface area contributed by atoms with E-state index in [1.54, 1.807) is 6.26 Å². The molecule has 0 saturated heterocycles. The first kappa shape index (κ1) is 12.9. The summed E-state index contributed by atoms with van der Waals surface area (Å²) in [5.41, 5.74) is 0. The zero-order valence-electron chi connectivity index (χ0n) is 11.1. The molecule has 0 fully saturated rings. The van der Waals surface area contributed by atoms with E-state index in [1.165, 1.54) is 18.2 Å². The highest BCUT2D eigenvalue weighted by Crippen LogP contribution is 2.34. The molecule has 0 N–H and O–H groups in total. The van der Waals surface area contributed by atoms with Gasteiger partial charge in [0.2, 0.25) is 12.3 Å². The summed E-state index contributed by atoms with van der Waals surface area (Å²) in [6.07, 6.45) is 2.95. The van der Waals surface area contributed by atoms with Crippen molar-refractivity contribution in [3.8, 4) is 11.6 Å². The van der Waals surface area contributed by atoms with E-state index in [0.29, 0.717) is 11.7 Å². The molecule has 0 radical (unpaired) electrons. The minimum atomic E-state index is 0.0106. The molecule has 0 spiro atoms. The molecule has 7 nitrogen and oxygen atoms in total. The lowest BCUT2D eigenvalue weighted by atomic mass is 10.4. The van der Waals surface area contributed by atoms with E-state index in [0.717, 1.165) is 17.5 Å². The van der Waals surface area contributed by atoms with E-state index < -0.39 is 0 Å². The molecule has 8 heteroatoms. The zero-order chi connectivity index (χ0) is 13.9. The minimum Gasteiger partial charge on any atom is -0.461 e. The van der Waals surface area contributed by atoms with E-state index in [9.17, 15) is 0 Å². The molecule has 0 aromatic carbocycles. The number of hydrogen-bond donors (Lipinski definition) is 0. The van der Waals surface area contributed by atoms with Gasteiger partial charge in [-0.3, -0.25) is 4.57 Å². The molecule has 3 heterocycles. The molecule has 104 valence electrons. The van der Waals surface area contributed by atoms with Gasteiger partial charge >= 0.3 is 0 Å². The van der Waals surface area contributed by atoms with E-state index in [4.69, 9.17) is 8.83 Å². The van der Waals surface area contributed by atoms with Crippen LogP contribution < -0.4 is 0 Å². The predicted octanol–water partition coefficient (Wildman–Crippen LogP) is 2.79. The van der Waals surface area contributed by atoms with E-state index in [1.807, 2.05) is 30.5 Å². The predicted molar refractivity (Wildman–Crippen MR) is 72.0 cm³/mol. The Balaban J connectivity index is 1.87. The monoisotopic (exact) mass is 291 g/mol. The first-order valence-electron chi connectivity index (χ1n) is 6.19. The van der Waals surface area contributed by atoms with Crippen LogP contribution in [-0.2, 0) is 6.54 Å². The van der Waals surface area contributed by atoms with Crippen LogP contribution in [0, 0.1) is 0 Å². The second-order valence-corrected chi connectivity index (χ2v) is 5.37. The first-order valence-corrected chi connectivity index (χ1v) is 7.07. The van der Waals surface area contributed by atoms with Crippen molar-refractivity contribution in [2.75, 3.05) is 0 Å². The smallest absolute Gasteiger partial charge is 0.229 e. The van der Waals surface area contributed by atoms with Crippen molar-refractivity contribution in [2.24, 2.45) is 0 Å². The SMILES string of the molecule is CCn1c(SC(C)c2nnco2)nnc1-c1ccco1. The van der Waals surface area contributed by atoms with Gasteiger partial charge in [0.25, 0.3) is 0 Å². The van der Waals surface area contributed by atoms with Crippen LogP contribution in [0.1, 0.15) is 25.0 Å². The largest absolute Gasteiger partial charge is 0.461 e. The highest BCUT2D eigenvalue weighted by Gasteiger charge is 2.20. The van der Waals surface area contributed by atoms with Crippen molar-refractivity contribution in [3.05, 3.63) is 30.7 Å². The lowest BCUT2D eigenvalue weighted by molar-refractivity contribution is 0.496. The van der Waals surface area contributed by atoms with Gasteiger partial charge in [0.15, 0.2) is 16.7 Å². The van der Waals surface area contributed by atoms with Gasteiger partial charge in [-0.1, -0.05) is 11.8 Å². The van der Waals surface area contributed by atoms with Gasteiger partial charge < -0.3 is 8.83 Å². The second kappa shape index (κ2) is 5.49. The molecule has 3 aromatic rings. The van der Waals surface area contributed by atoms with Crippen molar-refractivity contribution < 1.29 is 8.83 Å². The third-order valence-corrected chi connectivity index (χ3v) is 3.85. The normalized spacial score (nSPS) is 12.7. The minimum absolute atomic E-state index is 0.0106. The van der Waals surface area contributed by atoms with E-state index in [-0.39, 0.29) is 5.25 Å². The lowest BCUT2D eigenvalue weighted by Crippen LogP contribution is -2.00. The van der Waals surface area contributed by atoms with Crippen molar-refractivity contribution in [3.63, 3.8) is 0 Å². The number of rotatable bonds is 5. The molecule has 0 aliphatic carbocycles. The van der Waals surface area contributed by atoms with Gasteiger partial charge in [-0.05, 0) is 26.0 Å². The maximum atomic E-state index is 5.38. The van der Waals surface area contributed by atoms with Gasteiger partial charge in [-0.15, -0.1) is 20.4 Å². The fourth-order valence-electron chi connectivity index (χ4n) is 1.82. The summed E-state index contributed by atoms with van der Waals surface area (Å²) in [6, 6.07) is 3.70. The molecule has 0 amide bonds. The Kier molecular flexibility index (Phi) is 3.55. The summed E-state index contributed by atoms with van der Waals surface area (Å²) in [7, 11) is 0. The molecule has 1 unspecified atom stereocenters. The summed E-state index contributed by atoms with van der Waals surface area (Å²) < 4.78 is 12.6.